The predicted molar refractivity (Wildman–Crippen MR) is 104 cm³/mol. The number of rotatable bonds is 5. The Bertz CT molecular complexity index is 1080. The molecule has 0 spiro atoms. The zero-order chi connectivity index (χ0) is 20.4. The predicted octanol–water partition coefficient (Wildman–Crippen LogP) is 4.76. The van der Waals surface area contributed by atoms with Crippen molar-refractivity contribution in [2.45, 2.75) is 6.92 Å². The summed E-state index contributed by atoms with van der Waals surface area (Å²) in [4.78, 5) is 12.0. The first-order valence-electron chi connectivity index (χ1n) is 8.36. The molecule has 1 aromatic heterocycles. The van der Waals surface area contributed by atoms with Gasteiger partial charge >= 0.3 is 0 Å². The summed E-state index contributed by atoms with van der Waals surface area (Å²) in [6.45, 7) is 2.09. The Hall–Kier alpha value is -3.06. The molecule has 0 unspecified atom stereocenters. The number of halogens is 3. The van der Waals surface area contributed by atoms with Crippen LogP contribution in [0.15, 0.2) is 47.4 Å². The van der Waals surface area contributed by atoms with Crippen LogP contribution >= 0.6 is 11.6 Å². The highest BCUT2D eigenvalue weighted by atomic mass is 35.5. The Morgan fingerprint density at radius 3 is 2.39 bits per heavy atom. The normalized spacial score (nSPS) is 10.8. The molecule has 0 radical (unpaired) electrons. The third kappa shape index (κ3) is 3.94. The second-order valence-electron chi connectivity index (χ2n) is 5.99. The van der Waals surface area contributed by atoms with Gasteiger partial charge in [0, 0.05) is 41.1 Å². The standard InChI is InChI=1S/C20H17ClF2N2O3/c1-3-27-18-9-19(26)25(2)10-14(18)13-8-12(24)4-5-17(13)28-20-15(22)6-11(21)7-16(20)23/h4-10H,3,24H2,1-2H3. The van der Waals surface area contributed by atoms with Crippen molar-refractivity contribution in [2.75, 3.05) is 12.3 Å². The smallest absolute Gasteiger partial charge is 0.254 e. The average Bonchev–Trinajstić information content (AvgIpc) is 2.62. The Morgan fingerprint density at radius 1 is 1.07 bits per heavy atom. The number of anilines is 1. The zero-order valence-electron chi connectivity index (χ0n) is 15.1. The monoisotopic (exact) mass is 406 g/mol. The van der Waals surface area contributed by atoms with Gasteiger partial charge in [-0.25, -0.2) is 8.78 Å². The molecule has 3 rings (SSSR count). The summed E-state index contributed by atoms with van der Waals surface area (Å²) in [5.74, 6) is -2.05. The van der Waals surface area contributed by atoms with E-state index in [0.29, 0.717) is 29.2 Å². The Morgan fingerprint density at radius 2 is 1.75 bits per heavy atom. The van der Waals surface area contributed by atoms with Gasteiger partial charge in [0.25, 0.3) is 5.56 Å². The molecule has 0 aliphatic heterocycles. The zero-order valence-corrected chi connectivity index (χ0v) is 15.9. The van der Waals surface area contributed by atoms with E-state index < -0.39 is 17.4 Å². The molecule has 0 saturated heterocycles. The minimum absolute atomic E-state index is 0.0865. The van der Waals surface area contributed by atoms with Crippen LogP contribution < -0.4 is 20.8 Å². The molecule has 0 amide bonds. The van der Waals surface area contributed by atoms with Crippen molar-refractivity contribution >= 4 is 17.3 Å². The van der Waals surface area contributed by atoms with Crippen LogP contribution in [0.2, 0.25) is 5.02 Å². The van der Waals surface area contributed by atoms with Crippen molar-refractivity contribution in [1.29, 1.82) is 0 Å². The number of aryl methyl sites for hydroxylation is 1. The number of pyridine rings is 1. The summed E-state index contributed by atoms with van der Waals surface area (Å²) in [6.07, 6.45) is 1.55. The largest absolute Gasteiger partial charge is 0.493 e. The van der Waals surface area contributed by atoms with Gasteiger partial charge < -0.3 is 19.8 Å². The summed E-state index contributed by atoms with van der Waals surface area (Å²) in [5, 5.41) is -0.0865. The topological polar surface area (TPSA) is 66.5 Å². The van der Waals surface area contributed by atoms with E-state index >= 15 is 0 Å². The lowest BCUT2D eigenvalue weighted by atomic mass is 10.0. The molecule has 5 nitrogen and oxygen atoms in total. The highest BCUT2D eigenvalue weighted by molar-refractivity contribution is 6.30. The number of nitrogens with two attached hydrogens (primary N) is 1. The Kier molecular flexibility index (Phi) is 5.56. The highest BCUT2D eigenvalue weighted by Gasteiger charge is 2.19. The summed E-state index contributed by atoms with van der Waals surface area (Å²) in [6, 6.07) is 7.83. The van der Waals surface area contributed by atoms with Gasteiger partial charge in [-0.1, -0.05) is 11.6 Å². The van der Waals surface area contributed by atoms with Crippen molar-refractivity contribution in [3.8, 4) is 28.4 Å². The van der Waals surface area contributed by atoms with Gasteiger partial charge in [-0.05, 0) is 37.3 Å². The van der Waals surface area contributed by atoms with E-state index in [4.69, 9.17) is 26.8 Å². The average molecular weight is 407 g/mol. The molecule has 2 aromatic carbocycles. The SMILES string of the molecule is CCOc1cc(=O)n(C)cc1-c1cc(N)ccc1Oc1c(F)cc(Cl)cc1F. The molecule has 2 N–H and O–H groups in total. The highest BCUT2D eigenvalue weighted by Crippen LogP contribution is 2.40. The van der Waals surface area contributed by atoms with Crippen LogP contribution in [0.5, 0.6) is 17.2 Å². The van der Waals surface area contributed by atoms with Crippen molar-refractivity contribution in [2.24, 2.45) is 7.05 Å². The van der Waals surface area contributed by atoms with E-state index in [1.165, 1.54) is 22.8 Å². The molecule has 0 aliphatic rings. The number of nitrogen functional groups attached to an aromatic ring is 1. The summed E-state index contributed by atoms with van der Waals surface area (Å²) in [5.41, 5.74) is 6.93. The molecule has 1 heterocycles. The second-order valence-corrected chi connectivity index (χ2v) is 6.43. The minimum Gasteiger partial charge on any atom is -0.493 e. The maximum absolute atomic E-state index is 14.2. The molecule has 0 saturated carbocycles. The van der Waals surface area contributed by atoms with E-state index in [9.17, 15) is 13.6 Å². The van der Waals surface area contributed by atoms with E-state index in [0.717, 1.165) is 12.1 Å². The summed E-state index contributed by atoms with van der Waals surface area (Å²) >= 11 is 5.66. The molecule has 0 atom stereocenters. The van der Waals surface area contributed by atoms with Gasteiger partial charge in [-0.15, -0.1) is 0 Å². The van der Waals surface area contributed by atoms with Crippen LogP contribution in [-0.4, -0.2) is 11.2 Å². The molecular weight excluding hydrogens is 390 g/mol. The first-order valence-corrected chi connectivity index (χ1v) is 8.73. The van der Waals surface area contributed by atoms with Gasteiger partial charge in [-0.3, -0.25) is 4.79 Å². The number of hydrogen-bond acceptors (Lipinski definition) is 4. The van der Waals surface area contributed by atoms with Crippen molar-refractivity contribution in [3.63, 3.8) is 0 Å². The van der Waals surface area contributed by atoms with Crippen LogP contribution in [0.3, 0.4) is 0 Å². The van der Waals surface area contributed by atoms with Gasteiger partial charge in [0.1, 0.15) is 11.5 Å². The van der Waals surface area contributed by atoms with E-state index in [2.05, 4.69) is 0 Å². The summed E-state index contributed by atoms with van der Waals surface area (Å²) in [7, 11) is 1.58. The first-order chi connectivity index (χ1) is 13.3. The molecule has 146 valence electrons. The van der Waals surface area contributed by atoms with E-state index in [1.807, 2.05) is 0 Å². The lowest BCUT2D eigenvalue weighted by Crippen LogP contribution is -2.16. The lowest BCUT2D eigenvalue weighted by molar-refractivity contribution is 0.340. The van der Waals surface area contributed by atoms with Gasteiger partial charge in [0.05, 0.1) is 6.61 Å². The van der Waals surface area contributed by atoms with Crippen LogP contribution in [0.25, 0.3) is 11.1 Å². The first kappa shape index (κ1) is 19.7. The Balaban J connectivity index is 2.18. The van der Waals surface area contributed by atoms with Crippen molar-refractivity contribution in [1.82, 2.24) is 4.57 Å². The molecule has 0 bridgehead atoms. The third-order valence-electron chi connectivity index (χ3n) is 3.96. The fraction of sp³-hybridized carbons (Fsp3) is 0.150. The van der Waals surface area contributed by atoms with Crippen LogP contribution in [-0.2, 0) is 7.05 Å². The third-order valence-corrected chi connectivity index (χ3v) is 4.18. The quantitative estimate of drug-likeness (QED) is 0.620. The van der Waals surface area contributed by atoms with Crippen molar-refractivity contribution in [3.05, 3.63) is 69.6 Å². The minimum atomic E-state index is -0.946. The number of hydrogen-bond donors (Lipinski definition) is 1. The molecular formula is C20H17ClF2N2O3. The molecule has 3 aromatic rings. The van der Waals surface area contributed by atoms with Gasteiger partial charge in [0.2, 0.25) is 0 Å². The number of benzene rings is 2. The van der Waals surface area contributed by atoms with Crippen LogP contribution in [0.1, 0.15) is 6.92 Å². The van der Waals surface area contributed by atoms with Gasteiger partial charge in [-0.2, -0.15) is 0 Å². The number of aromatic nitrogens is 1. The molecule has 0 fully saturated rings. The number of ether oxygens (including phenoxy) is 2. The lowest BCUT2D eigenvalue weighted by Gasteiger charge is -2.16. The fourth-order valence-corrected chi connectivity index (χ4v) is 2.86. The second kappa shape index (κ2) is 7.90. The fourth-order valence-electron chi connectivity index (χ4n) is 2.67. The molecule has 28 heavy (non-hydrogen) atoms. The summed E-state index contributed by atoms with van der Waals surface area (Å²) < 4.78 is 40.8. The Labute approximate surface area is 164 Å². The number of nitrogens with zero attached hydrogens (tertiary/aromatic N) is 1. The van der Waals surface area contributed by atoms with Gasteiger partial charge in [0.15, 0.2) is 17.4 Å². The van der Waals surface area contributed by atoms with Crippen LogP contribution in [0, 0.1) is 11.6 Å². The maximum Gasteiger partial charge on any atom is 0.254 e. The van der Waals surface area contributed by atoms with E-state index in [-0.39, 0.29) is 16.3 Å². The molecule has 0 aliphatic carbocycles. The van der Waals surface area contributed by atoms with Crippen molar-refractivity contribution < 1.29 is 18.3 Å². The van der Waals surface area contributed by atoms with E-state index in [1.54, 1.807) is 26.2 Å². The maximum atomic E-state index is 14.2. The molecule has 8 heteroatoms. The van der Waals surface area contributed by atoms with Crippen LogP contribution in [0.4, 0.5) is 14.5 Å².